The van der Waals surface area contributed by atoms with Crippen LogP contribution in [0.15, 0.2) is 0 Å². The number of hydrogen-bond donors (Lipinski definition) is 2. The monoisotopic (exact) mass is 861 g/mol. The van der Waals surface area contributed by atoms with E-state index in [1.54, 1.807) is 0 Å². The maximum absolute atomic E-state index is 12.5. The molecule has 0 aliphatic heterocycles. The molecule has 0 aromatic carbocycles. The Kier molecular flexibility index (Phi) is 52.2. The molecule has 0 rings (SSSR count). The lowest BCUT2D eigenvalue weighted by atomic mass is 10.0. The molecule has 0 aliphatic carbocycles. The molecule has 0 heterocycles. The third kappa shape index (κ3) is 54.4. The molecule has 0 atom stereocenters. The third-order valence-electron chi connectivity index (χ3n) is 12.5. The smallest absolute Gasteiger partial charge is 0.0922 e. The Morgan fingerprint density at radius 1 is 0.259 bits per heavy atom. The van der Waals surface area contributed by atoms with Gasteiger partial charge in [0.25, 0.3) is 0 Å². The van der Waals surface area contributed by atoms with Gasteiger partial charge in [-0.25, -0.2) is 0 Å². The molecule has 0 amide bonds. The Bertz CT molecular complexity index is 833. The second-order valence-corrected chi connectivity index (χ2v) is 26.2. The van der Waals surface area contributed by atoms with Gasteiger partial charge < -0.3 is 19.3 Å². The van der Waals surface area contributed by atoms with Gasteiger partial charge in [-0.15, -0.1) is 0 Å². The second-order valence-electron chi connectivity index (χ2n) is 19.1. The second kappa shape index (κ2) is 50.0. The average molecular weight is 861 g/mol. The van der Waals surface area contributed by atoms with Crippen molar-refractivity contribution in [2.45, 2.75) is 284 Å². The fraction of sp³-hybridized carbons (Fsp3) is 1.00. The molecule has 0 saturated carbocycles. The molecule has 2 N–H and O–H groups in total. The molecular formula is C52H110O4P2. The van der Waals surface area contributed by atoms with Crippen molar-refractivity contribution in [1.82, 2.24) is 0 Å². The number of hydrogen-bond acceptors (Lipinski definition) is 4. The predicted octanol–water partition coefficient (Wildman–Crippen LogP) is 18.4. The summed E-state index contributed by atoms with van der Waals surface area (Å²) in [6.45, 7) is 8.39. The van der Waals surface area contributed by atoms with E-state index in [1.807, 2.05) is 13.3 Å². The number of rotatable bonds is 48. The van der Waals surface area contributed by atoms with Crippen LogP contribution < -0.4 is 0 Å². The lowest BCUT2D eigenvalue weighted by molar-refractivity contribution is 0.311. The van der Waals surface area contributed by atoms with Crippen molar-refractivity contribution in [3.63, 3.8) is 0 Å². The topological polar surface area (TPSA) is 74.6 Å². The van der Waals surface area contributed by atoms with Crippen LogP contribution in [0.2, 0.25) is 0 Å². The lowest BCUT2D eigenvalue weighted by Gasteiger charge is -2.15. The van der Waals surface area contributed by atoms with E-state index >= 15 is 0 Å². The Balaban J connectivity index is 0. The molecule has 352 valence electrons. The minimum Gasteiger partial charge on any atom is -0.396 e. The molecule has 6 heteroatoms. The van der Waals surface area contributed by atoms with E-state index in [9.17, 15) is 9.13 Å². The zero-order valence-corrected chi connectivity index (χ0v) is 42.3. The van der Waals surface area contributed by atoms with Crippen molar-refractivity contribution < 1.29 is 19.3 Å². The molecule has 0 saturated heterocycles. The van der Waals surface area contributed by atoms with E-state index in [-0.39, 0.29) is 13.2 Å². The summed E-state index contributed by atoms with van der Waals surface area (Å²) in [6, 6.07) is 0. The number of unbranched alkanes of at least 4 members (excludes halogenated alkanes) is 40. The van der Waals surface area contributed by atoms with Gasteiger partial charge in [-0.2, -0.15) is 0 Å². The summed E-state index contributed by atoms with van der Waals surface area (Å²) in [7, 11) is -4.07. The summed E-state index contributed by atoms with van der Waals surface area (Å²) in [4.78, 5) is 0. The predicted molar refractivity (Wildman–Crippen MR) is 266 cm³/mol. The molecule has 0 bridgehead atoms. The molecule has 0 radical (unpaired) electrons. The first-order chi connectivity index (χ1) is 28.2. The normalized spacial score (nSPS) is 12.0. The minimum atomic E-state index is -2.31. The van der Waals surface area contributed by atoms with Crippen LogP contribution in [0.25, 0.3) is 0 Å². The van der Waals surface area contributed by atoms with Crippen molar-refractivity contribution >= 4 is 14.3 Å². The van der Waals surface area contributed by atoms with Crippen molar-refractivity contribution in [2.75, 3.05) is 51.2 Å². The largest absolute Gasteiger partial charge is 0.396 e. The summed E-state index contributed by atoms with van der Waals surface area (Å²) < 4.78 is 24.1. The summed E-state index contributed by atoms with van der Waals surface area (Å²) >= 11 is 0. The van der Waals surface area contributed by atoms with Gasteiger partial charge >= 0.3 is 0 Å². The van der Waals surface area contributed by atoms with Gasteiger partial charge in [-0.3, -0.25) is 0 Å². The standard InChI is InChI=1S/C26H55O3P.C26H55OP/c1-2-3-4-5-6-7-8-9-10-11-12-13-14-15-16-17-18-19-20-21-24-30(29,25-22-27)26-23-28;1-4-5-6-7-8-9-10-11-12-13-14-15-16-17-18-19-20-21-22-23-24-25-26-28(2,3)27/h27-28H,2-26H2,1H3;4-26H2,1-3H3. The van der Waals surface area contributed by atoms with Crippen LogP contribution >= 0.6 is 14.3 Å². The molecule has 0 aromatic rings. The Hall–Kier alpha value is 0.380. The van der Waals surface area contributed by atoms with Crippen LogP contribution in [0.3, 0.4) is 0 Å². The highest BCUT2D eigenvalue weighted by Gasteiger charge is 2.20. The molecule has 0 aliphatic rings. The van der Waals surface area contributed by atoms with E-state index < -0.39 is 14.3 Å². The van der Waals surface area contributed by atoms with Crippen LogP contribution in [0.4, 0.5) is 0 Å². The lowest BCUT2D eigenvalue weighted by Crippen LogP contribution is -2.06. The van der Waals surface area contributed by atoms with Crippen molar-refractivity contribution in [3.05, 3.63) is 0 Å². The first-order valence-electron chi connectivity index (χ1n) is 26.6. The molecule has 4 nitrogen and oxygen atoms in total. The summed E-state index contributed by atoms with van der Waals surface area (Å²) in [5.74, 6) is 0. The zero-order chi connectivity index (χ0) is 42.9. The SMILES string of the molecule is CCCCCCCCCCCCCCCCCCCCCCCCP(C)(C)=O.CCCCCCCCCCCCCCCCCCCCCCP(=O)(CCO)CCO. The van der Waals surface area contributed by atoms with Gasteiger partial charge in [0.15, 0.2) is 0 Å². The van der Waals surface area contributed by atoms with Gasteiger partial charge in [0.05, 0.1) is 14.3 Å². The highest BCUT2D eigenvalue weighted by atomic mass is 31.2. The molecule has 0 unspecified atom stereocenters. The van der Waals surface area contributed by atoms with Crippen molar-refractivity contribution in [3.8, 4) is 0 Å². The van der Waals surface area contributed by atoms with E-state index in [0.717, 1.165) is 19.0 Å². The fourth-order valence-corrected chi connectivity index (χ4v) is 11.6. The van der Waals surface area contributed by atoms with Gasteiger partial charge in [0.2, 0.25) is 0 Å². The molecule has 0 aromatic heterocycles. The van der Waals surface area contributed by atoms with Crippen molar-refractivity contribution in [1.29, 1.82) is 0 Å². The first-order valence-corrected chi connectivity index (χ1v) is 31.6. The zero-order valence-electron chi connectivity index (χ0n) is 40.5. The molecule has 0 spiro atoms. The van der Waals surface area contributed by atoms with Crippen LogP contribution in [0.1, 0.15) is 284 Å². The Morgan fingerprint density at radius 2 is 0.431 bits per heavy atom. The summed E-state index contributed by atoms with van der Waals surface area (Å²) in [5.41, 5.74) is 0. The minimum absolute atomic E-state index is 0.0174. The van der Waals surface area contributed by atoms with E-state index in [1.165, 1.54) is 257 Å². The maximum Gasteiger partial charge on any atom is 0.0922 e. The molecule has 58 heavy (non-hydrogen) atoms. The molecular weight excluding hydrogens is 751 g/mol. The van der Waals surface area contributed by atoms with Crippen LogP contribution in [-0.2, 0) is 9.13 Å². The summed E-state index contributed by atoms with van der Waals surface area (Å²) in [6.07, 6.45) is 61.1. The fourth-order valence-electron chi connectivity index (χ4n) is 8.46. The van der Waals surface area contributed by atoms with E-state index in [4.69, 9.17) is 10.2 Å². The van der Waals surface area contributed by atoms with Gasteiger partial charge in [-0.1, -0.05) is 271 Å². The van der Waals surface area contributed by atoms with E-state index in [2.05, 4.69) is 13.8 Å². The van der Waals surface area contributed by atoms with Crippen LogP contribution in [0, 0.1) is 0 Å². The van der Waals surface area contributed by atoms with Gasteiger partial charge in [-0.05, 0) is 26.2 Å². The van der Waals surface area contributed by atoms with Crippen molar-refractivity contribution in [2.24, 2.45) is 0 Å². The number of aliphatic hydroxyl groups is 2. The Labute approximate surface area is 367 Å². The quantitative estimate of drug-likeness (QED) is 0.0472. The maximum atomic E-state index is 12.5. The van der Waals surface area contributed by atoms with Gasteiger partial charge in [0.1, 0.15) is 0 Å². The molecule has 0 fully saturated rings. The average Bonchev–Trinajstić information content (AvgIpc) is 3.19. The summed E-state index contributed by atoms with van der Waals surface area (Å²) in [5, 5.41) is 18.1. The van der Waals surface area contributed by atoms with E-state index in [0.29, 0.717) is 18.5 Å². The highest BCUT2D eigenvalue weighted by molar-refractivity contribution is 7.64. The highest BCUT2D eigenvalue weighted by Crippen LogP contribution is 2.45. The Morgan fingerprint density at radius 3 is 0.603 bits per heavy atom. The third-order valence-corrected chi connectivity index (χ3v) is 17.0. The van der Waals surface area contributed by atoms with Crippen LogP contribution in [0.5, 0.6) is 0 Å². The number of aliphatic hydroxyl groups excluding tert-OH is 2. The van der Waals surface area contributed by atoms with Crippen LogP contribution in [-0.4, -0.2) is 61.4 Å². The van der Waals surface area contributed by atoms with Gasteiger partial charge in [0, 0.05) is 37.9 Å². The first kappa shape index (κ1) is 60.5.